The predicted octanol–water partition coefficient (Wildman–Crippen LogP) is -5.77. The fourth-order valence-electron chi connectivity index (χ4n) is 4.53. The van der Waals surface area contributed by atoms with E-state index in [0.29, 0.717) is 19.4 Å². The molecule has 0 saturated carbocycles. The molecule has 10 atom stereocenters. The van der Waals surface area contributed by atoms with Crippen LogP contribution in [0.5, 0.6) is 0 Å². The summed E-state index contributed by atoms with van der Waals surface area (Å²) in [7, 11) is 0. The van der Waals surface area contributed by atoms with Crippen molar-refractivity contribution in [2.75, 3.05) is 52.5 Å². The molecule has 18 nitrogen and oxygen atoms in total. The van der Waals surface area contributed by atoms with Crippen molar-refractivity contribution in [2.24, 2.45) is 5.73 Å². The Morgan fingerprint density at radius 3 is 1.80 bits per heavy atom. The number of carbonyl (C=O) groups excluding carboxylic acids is 3. The second-order valence-corrected chi connectivity index (χ2v) is 10.7. The van der Waals surface area contributed by atoms with Crippen LogP contribution >= 0.6 is 0 Å². The minimum atomic E-state index is -1.61. The zero-order chi connectivity index (χ0) is 32.8. The van der Waals surface area contributed by atoms with Crippen molar-refractivity contribution in [3.8, 4) is 0 Å². The molecule has 44 heavy (non-hydrogen) atoms. The van der Waals surface area contributed by atoms with E-state index >= 15 is 0 Å². The lowest BCUT2D eigenvalue weighted by Gasteiger charge is -2.39. The largest absolute Gasteiger partial charge is 0.394 e. The molecule has 3 amide bonds. The molecule has 2 saturated heterocycles. The van der Waals surface area contributed by atoms with Crippen LogP contribution in [0.2, 0.25) is 0 Å². The quantitative estimate of drug-likeness (QED) is 0.0625. The van der Waals surface area contributed by atoms with Gasteiger partial charge in [-0.3, -0.25) is 14.4 Å². The van der Waals surface area contributed by atoms with Crippen molar-refractivity contribution >= 4 is 17.7 Å². The van der Waals surface area contributed by atoms with Gasteiger partial charge in [0.25, 0.3) is 0 Å². The van der Waals surface area contributed by atoms with Crippen LogP contribution in [0, 0.1) is 0 Å². The first-order valence-electron chi connectivity index (χ1n) is 14.7. The van der Waals surface area contributed by atoms with Crippen molar-refractivity contribution < 1.29 is 69.1 Å². The number of ether oxygens (including phenoxy) is 4. The Balaban J connectivity index is 1.80. The molecule has 256 valence electrons. The van der Waals surface area contributed by atoms with Crippen molar-refractivity contribution in [1.82, 2.24) is 15.5 Å². The van der Waals surface area contributed by atoms with Crippen LogP contribution in [0.1, 0.15) is 32.6 Å². The number of nitrogens with two attached hydrogens (primary N) is 1. The molecule has 0 radical (unpaired) electrons. The van der Waals surface area contributed by atoms with Crippen LogP contribution in [0.15, 0.2) is 0 Å². The van der Waals surface area contributed by atoms with Gasteiger partial charge in [-0.25, -0.2) is 0 Å². The van der Waals surface area contributed by atoms with Gasteiger partial charge in [-0.05, 0) is 26.3 Å². The fraction of sp³-hybridized carbons (Fsp3) is 0.885. The lowest BCUT2D eigenvalue weighted by Crippen LogP contribution is -2.59. The van der Waals surface area contributed by atoms with E-state index in [0.717, 1.165) is 11.3 Å². The summed E-state index contributed by atoms with van der Waals surface area (Å²) in [5.74, 6) is -1.62. The minimum absolute atomic E-state index is 0.0432. The number of nitrogens with zero attached hydrogens (tertiary/aromatic N) is 1. The first kappa shape index (κ1) is 38.1. The number of aliphatic hydroxyl groups is 7. The maximum Gasteiger partial charge on any atom is 0.239 e. The molecule has 2 rings (SSSR count). The third-order valence-corrected chi connectivity index (χ3v) is 7.19. The van der Waals surface area contributed by atoms with E-state index in [-0.39, 0.29) is 32.7 Å². The zero-order valence-electron chi connectivity index (χ0n) is 24.8. The van der Waals surface area contributed by atoms with E-state index in [1.807, 2.05) is 0 Å². The summed E-state index contributed by atoms with van der Waals surface area (Å²) < 4.78 is 21.2. The standard InChI is InChI=1S/C26H48N4O14/c1-14-19(35)21(37)23(39)25(43-14)41-9-7-28-16(32)11-30(18(34)5-3-2-4-6-27)12-17(33)29-8-10-42-26-24(40)22(38)20(36)15(13-31)44-26/h14-15,19-26,31,35-40H,2-13,27H2,1H3,(H,28,32)(H,29,33)/t14-,15+,19+,20+,21+,22-,23-,24-,25+,26-/m0/s1. The van der Waals surface area contributed by atoms with Gasteiger partial charge in [0, 0.05) is 19.5 Å². The van der Waals surface area contributed by atoms with E-state index in [1.165, 1.54) is 6.92 Å². The third kappa shape index (κ3) is 11.7. The zero-order valence-corrected chi connectivity index (χ0v) is 24.8. The molecular weight excluding hydrogens is 592 g/mol. The Kier molecular flexibility index (Phi) is 16.8. The molecular formula is C26H48N4O14. The average Bonchev–Trinajstić information content (AvgIpc) is 3.00. The molecule has 2 aliphatic heterocycles. The van der Waals surface area contributed by atoms with Crippen molar-refractivity contribution in [3.05, 3.63) is 0 Å². The predicted molar refractivity (Wildman–Crippen MR) is 148 cm³/mol. The smallest absolute Gasteiger partial charge is 0.239 e. The summed E-state index contributed by atoms with van der Waals surface area (Å²) in [5, 5.41) is 73.6. The van der Waals surface area contributed by atoms with Gasteiger partial charge in [0.15, 0.2) is 12.6 Å². The molecule has 11 N–H and O–H groups in total. The van der Waals surface area contributed by atoms with Gasteiger partial charge in [0.05, 0.1) is 25.9 Å². The first-order valence-corrected chi connectivity index (χ1v) is 14.7. The summed E-state index contributed by atoms with van der Waals surface area (Å²) in [6, 6.07) is 0. The minimum Gasteiger partial charge on any atom is -0.394 e. The third-order valence-electron chi connectivity index (χ3n) is 7.19. The van der Waals surface area contributed by atoms with Gasteiger partial charge >= 0.3 is 0 Å². The van der Waals surface area contributed by atoms with Gasteiger partial charge in [0.2, 0.25) is 17.7 Å². The number of hydrogen-bond donors (Lipinski definition) is 10. The van der Waals surface area contributed by atoms with Gasteiger partial charge in [-0.1, -0.05) is 6.42 Å². The van der Waals surface area contributed by atoms with Crippen LogP contribution in [0.3, 0.4) is 0 Å². The molecule has 0 bridgehead atoms. The molecule has 0 spiro atoms. The monoisotopic (exact) mass is 640 g/mol. The highest BCUT2D eigenvalue weighted by Gasteiger charge is 2.44. The van der Waals surface area contributed by atoms with E-state index < -0.39 is 98.8 Å². The number of rotatable bonds is 18. The Hall–Kier alpha value is -2.07. The number of carbonyl (C=O) groups is 3. The Morgan fingerprint density at radius 1 is 0.750 bits per heavy atom. The second kappa shape index (κ2) is 19.4. The normalized spacial score (nSPS) is 32.2. The van der Waals surface area contributed by atoms with E-state index in [1.54, 1.807) is 0 Å². The van der Waals surface area contributed by atoms with E-state index in [4.69, 9.17) is 24.7 Å². The molecule has 2 aliphatic rings. The molecule has 18 heteroatoms. The molecule has 2 heterocycles. The second-order valence-electron chi connectivity index (χ2n) is 10.7. The van der Waals surface area contributed by atoms with E-state index in [9.17, 15) is 50.1 Å². The maximum absolute atomic E-state index is 12.8. The number of unbranched alkanes of at least 4 members (excludes halogenated alkanes) is 2. The van der Waals surface area contributed by atoms with Crippen molar-refractivity contribution in [1.29, 1.82) is 0 Å². The van der Waals surface area contributed by atoms with Gasteiger partial charge < -0.3 is 76.0 Å². The molecule has 0 aromatic rings. The van der Waals surface area contributed by atoms with Gasteiger partial charge in [-0.15, -0.1) is 0 Å². The van der Waals surface area contributed by atoms with Crippen LogP contribution < -0.4 is 16.4 Å². The number of hydrogen-bond acceptors (Lipinski definition) is 15. The van der Waals surface area contributed by atoms with Crippen molar-refractivity contribution in [3.63, 3.8) is 0 Å². The Morgan fingerprint density at radius 2 is 1.27 bits per heavy atom. The molecule has 0 aromatic carbocycles. The highest BCUT2D eigenvalue weighted by Crippen LogP contribution is 2.22. The lowest BCUT2D eigenvalue weighted by molar-refractivity contribution is -0.300. The number of amides is 3. The van der Waals surface area contributed by atoms with Gasteiger partial charge in [-0.2, -0.15) is 0 Å². The Bertz CT molecular complexity index is 886. The number of nitrogens with one attached hydrogen (secondary N) is 2. The lowest BCUT2D eigenvalue weighted by atomic mass is 9.99. The topological polar surface area (TPSA) is 283 Å². The maximum atomic E-state index is 12.8. The van der Waals surface area contributed by atoms with Crippen LogP contribution in [-0.4, -0.2) is 172 Å². The molecule has 2 fully saturated rings. The highest BCUT2D eigenvalue weighted by molar-refractivity contribution is 5.89. The summed E-state index contributed by atoms with van der Waals surface area (Å²) in [6.07, 6.45) is -11.5. The molecule has 0 aliphatic carbocycles. The fourth-order valence-corrected chi connectivity index (χ4v) is 4.53. The molecule has 0 aromatic heterocycles. The van der Waals surface area contributed by atoms with Crippen molar-refractivity contribution in [2.45, 2.75) is 94.0 Å². The SMILES string of the molecule is C[C@@H]1O[C@@H](OCCNC(=O)CN(CC(=O)NCCO[C@H]2O[C@H](CO)[C@@H](O)[C@H](O)[C@@H]2O)C(=O)CCCCCN)[C@@H](O)[C@H](O)[C@@H]1O. The average molecular weight is 641 g/mol. The van der Waals surface area contributed by atoms with Crippen LogP contribution in [-0.2, 0) is 33.3 Å². The summed E-state index contributed by atoms with van der Waals surface area (Å²) >= 11 is 0. The summed E-state index contributed by atoms with van der Waals surface area (Å²) in [5.41, 5.74) is 5.49. The van der Waals surface area contributed by atoms with E-state index in [2.05, 4.69) is 10.6 Å². The van der Waals surface area contributed by atoms with Crippen LogP contribution in [0.25, 0.3) is 0 Å². The molecule has 0 unspecified atom stereocenters. The van der Waals surface area contributed by atoms with Crippen LogP contribution in [0.4, 0.5) is 0 Å². The highest BCUT2D eigenvalue weighted by atomic mass is 16.7. The number of aliphatic hydroxyl groups excluding tert-OH is 7. The summed E-state index contributed by atoms with van der Waals surface area (Å²) in [4.78, 5) is 39.0. The van der Waals surface area contributed by atoms with Gasteiger partial charge in [0.1, 0.15) is 55.8 Å². The summed E-state index contributed by atoms with van der Waals surface area (Å²) in [6.45, 7) is 0.0364. The Labute approximate surface area is 255 Å². The first-order chi connectivity index (χ1) is 20.9.